The van der Waals surface area contributed by atoms with Crippen molar-refractivity contribution in [3.05, 3.63) is 52.8 Å². The SMILES string of the molecule is COC(=O)[C@H](Cc1c[nH]c2ccccc12)Nc1ncnc2sc3c(c12)CCC3. The summed E-state index contributed by atoms with van der Waals surface area (Å²) in [6.45, 7) is 0. The summed E-state index contributed by atoms with van der Waals surface area (Å²) in [5.41, 5.74) is 3.46. The molecule has 6 nitrogen and oxygen atoms in total. The zero-order chi connectivity index (χ0) is 19.1. The van der Waals surface area contributed by atoms with E-state index in [2.05, 4.69) is 26.3 Å². The Hall–Kier alpha value is -2.93. The quantitative estimate of drug-likeness (QED) is 0.504. The maximum Gasteiger partial charge on any atom is 0.328 e. The Kier molecular flexibility index (Phi) is 4.24. The van der Waals surface area contributed by atoms with Crippen LogP contribution in [0, 0.1) is 0 Å². The lowest BCUT2D eigenvalue weighted by molar-refractivity contribution is -0.141. The van der Waals surface area contributed by atoms with E-state index in [-0.39, 0.29) is 5.97 Å². The van der Waals surface area contributed by atoms with Crippen molar-refractivity contribution in [1.29, 1.82) is 0 Å². The average Bonchev–Trinajstić information content (AvgIpc) is 3.41. The first kappa shape index (κ1) is 17.2. The van der Waals surface area contributed by atoms with E-state index in [1.54, 1.807) is 17.7 Å². The van der Waals surface area contributed by atoms with Gasteiger partial charge in [0.15, 0.2) is 0 Å². The van der Waals surface area contributed by atoms with Gasteiger partial charge >= 0.3 is 5.97 Å². The lowest BCUT2D eigenvalue weighted by atomic mass is 10.0. The molecule has 7 heteroatoms. The molecule has 1 aliphatic rings. The number of nitrogens with one attached hydrogen (secondary N) is 2. The molecule has 0 saturated heterocycles. The number of benzene rings is 1. The summed E-state index contributed by atoms with van der Waals surface area (Å²) in [5.74, 6) is 0.420. The van der Waals surface area contributed by atoms with Gasteiger partial charge in [0, 0.05) is 28.4 Å². The molecule has 0 fully saturated rings. The third-order valence-corrected chi connectivity index (χ3v) is 6.60. The van der Waals surface area contributed by atoms with E-state index >= 15 is 0 Å². The van der Waals surface area contributed by atoms with Gasteiger partial charge in [0.1, 0.15) is 23.0 Å². The van der Waals surface area contributed by atoms with Gasteiger partial charge in [-0.25, -0.2) is 14.8 Å². The number of hydrogen-bond donors (Lipinski definition) is 2. The topological polar surface area (TPSA) is 79.9 Å². The van der Waals surface area contributed by atoms with Crippen LogP contribution in [0.2, 0.25) is 0 Å². The molecule has 0 unspecified atom stereocenters. The minimum atomic E-state index is -0.528. The summed E-state index contributed by atoms with van der Waals surface area (Å²) in [6, 6.07) is 7.56. The number of anilines is 1. The number of carbonyl (C=O) groups is 1. The number of carbonyl (C=O) groups excluding carboxylic acids is 1. The van der Waals surface area contributed by atoms with E-state index in [0.717, 1.165) is 45.3 Å². The molecule has 3 aromatic heterocycles. The van der Waals surface area contributed by atoms with Gasteiger partial charge in [-0.1, -0.05) is 18.2 Å². The van der Waals surface area contributed by atoms with Crippen LogP contribution in [0.1, 0.15) is 22.4 Å². The van der Waals surface area contributed by atoms with Crippen LogP contribution >= 0.6 is 11.3 Å². The monoisotopic (exact) mass is 392 g/mol. The summed E-state index contributed by atoms with van der Waals surface area (Å²) >= 11 is 1.74. The first-order valence-electron chi connectivity index (χ1n) is 9.39. The van der Waals surface area contributed by atoms with Gasteiger partial charge < -0.3 is 15.0 Å². The fourth-order valence-corrected chi connectivity index (χ4v) is 5.29. The molecule has 0 bridgehead atoms. The number of para-hydroxylation sites is 1. The molecule has 28 heavy (non-hydrogen) atoms. The van der Waals surface area contributed by atoms with E-state index in [1.807, 2.05) is 24.4 Å². The number of fused-ring (bicyclic) bond motifs is 4. The summed E-state index contributed by atoms with van der Waals surface area (Å²) in [5, 5.41) is 5.53. The molecule has 1 aromatic carbocycles. The Morgan fingerprint density at radius 2 is 2.21 bits per heavy atom. The lowest BCUT2D eigenvalue weighted by Gasteiger charge is -2.17. The van der Waals surface area contributed by atoms with Crippen LogP contribution in [0.15, 0.2) is 36.8 Å². The lowest BCUT2D eigenvalue weighted by Crippen LogP contribution is -2.33. The van der Waals surface area contributed by atoms with E-state index in [0.29, 0.717) is 6.42 Å². The molecule has 0 amide bonds. The molecule has 1 aliphatic carbocycles. The maximum atomic E-state index is 12.6. The van der Waals surface area contributed by atoms with Crippen molar-refractivity contribution in [2.45, 2.75) is 31.7 Å². The molecule has 2 N–H and O–H groups in total. The van der Waals surface area contributed by atoms with Gasteiger partial charge in [0.05, 0.1) is 12.5 Å². The first-order valence-corrected chi connectivity index (χ1v) is 10.2. The highest BCUT2D eigenvalue weighted by molar-refractivity contribution is 7.19. The van der Waals surface area contributed by atoms with E-state index in [4.69, 9.17) is 4.74 Å². The molecule has 0 spiro atoms. The van der Waals surface area contributed by atoms with Crippen molar-refractivity contribution in [3.8, 4) is 0 Å². The first-order chi connectivity index (χ1) is 13.7. The predicted octanol–water partition coefficient (Wildman–Crippen LogP) is 3.86. The number of esters is 1. The predicted molar refractivity (Wildman–Crippen MR) is 111 cm³/mol. The zero-order valence-electron chi connectivity index (χ0n) is 15.5. The van der Waals surface area contributed by atoms with Crippen molar-refractivity contribution >= 4 is 44.2 Å². The van der Waals surface area contributed by atoms with Crippen LogP contribution in [0.4, 0.5) is 5.82 Å². The number of rotatable bonds is 5. The van der Waals surface area contributed by atoms with Crippen LogP contribution < -0.4 is 5.32 Å². The number of aromatic nitrogens is 3. The highest BCUT2D eigenvalue weighted by atomic mass is 32.1. The number of aromatic amines is 1. The molecule has 3 heterocycles. The standard InChI is InChI=1S/C21H20N4O2S/c1-27-21(26)16(9-12-10-22-15-7-3-2-5-13(12)15)25-19-18-14-6-4-8-17(14)28-20(18)24-11-23-19/h2-3,5,7,10-11,16,22H,4,6,8-9H2,1H3,(H,23,24,25)/t16-/m0/s1. The normalized spacial score (nSPS) is 14.3. The summed E-state index contributed by atoms with van der Waals surface area (Å²) < 4.78 is 5.08. The van der Waals surface area contributed by atoms with Crippen molar-refractivity contribution < 1.29 is 9.53 Å². The third kappa shape index (κ3) is 2.82. The second-order valence-electron chi connectivity index (χ2n) is 7.04. The average molecular weight is 392 g/mol. The zero-order valence-corrected chi connectivity index (χ0v) is 16.3. The van der Waals surface area contributed by atoms with Gasteiger partial charge in [-0.2, -0.15) is 0 Å². The summed E-state index contributed by atoms with van der Waals surface area (Å²) in [6.07, 6.45) is 7.35. The van der Waals surface area contributed by atoms with Crippen LogP contribution in [-0.4, -0.2) is 34.1 Å². The maximum absolute atomic E-state index is 12.6. The van der Waals surface area contributed by atoms with Crippen molar-refractivity contribution in [1.82, 2.24) is 15.0 Å². The Morgan fingerprint density at radius 3 is 3.11 bits per heavy atom. The highest BCUT2D eigenvalue weighted by Crippen LogP contribution is 2.39. The minimum Gasteiger partial charge on any atom is -0.467 e. The van der Waals surface area contributed by atoms with E-state index in [1.165, 1.54) is 24.0 Å². The van der Waals surface area contributed by atoms with E-state index in [9.17, 15) is 4.79 Å². The molecule has 4 aromatic rings. The Morgan fingerprint density at radius 1 is 1.32 bits per heavy atom. The number of thiophene rings is 1. The minimum absolute atomic E-state index is 0.302. The third-order valence-electron chi connectivity index (χ3n) is 5.40. The van der Waals surface area contributed by atoms with Crippen LogP contribution in [0.5, 0.6) is 0 Å². The molecule has 5 rings (SSSR count). The van der Waals surface area contributed by atoms with Gasteiger partial charge in [0.2, 0.25) is 0 Å². The van der Waals surface area contributed by atoms with Crippen LogP contribution in [0.3, 0.4) is 0 Å². The van der Waals surface area contributed by atoms with Crippen molar-refractivity contribution in [2.75, 3.05) is 12.4 Å². The fraction of sp³-hybridized carbons (Fsp3) is 0.286. The van der Waals surface area contributed by atoms with E-state index < -0.39 is 6.04 Å². The van der Waals surface area contributed by atoms with Gasteiger partial charge in [-0.05, 0) is 36.5 Å². The Bertz CT molecular complexity index is 1180. The second kappa shape index (κ2) is 6.91. The number of hydrogen-bond acceptors (Lipinski definition) is 6. The summed E-state index contributed by atoms with van der Waals surface area (Å²) in [7, 11) is 1.42. The second-order valence-corrected chi connectivity index (χ2v) is 8.13. The van der Waals surface area contributed by atoms with Crippen molar-refractivity contribution in [3.63, 3.8) is 0 Å². The number of H-pyrrole nitrogens is 1. The van der Waals surface area contributed by atoms with Crippen LogP contribution in [-0.2, 0) is 28.8 Å². The molecule has 0 radical (unpaired) electrons. The molecule has 0 aliphatic heterocycles. The molecule has 142 valence electrons. The number of aryl methyl sites for hydroxylation is 2. The van der Waals surface area contributed by atoms with Crippen LogP contribution in [0.25, 0.3) is 21.1 Å². The summed E-state index contributed by atoms with van der Waals surface area (Å²) in [4.78, 5) is 27.1. The molecule has 1 atom stereocenters. The molecule has 0 saturated carbocycles. The molecular weight excluding hydrogens is 372 g/mol. The Balaban J connectivity index is 1.52. The molecular formula is C21H20N4O2S. The number of methoxy groups -OCH3 is 1. The van der Waals surface area contributed by atoms with Crippen molar-refractivity contribution in [2.24, 2.45) is 0 Å². The highest BCUT2D eigenvalue weighted by Gasteiger charge is 2.26. The van der Waals surface area contributed by atoms with Gasteiger partial charge in [0.25, 0.3) is 0 Å². The smallest absolute Gasteiger partial charge is 0.328 e. The fourth-order valence-electron chi connectivity index (χ4n) is 4.06. The largest absolute Gasteiger partial charge is 0.467 e. The van der Waals surface area contributed by atoms with Gasteiger partial charge in [-0.15, -0.1) is 11.3 Å². The van der Waals surface area contributed by atoms with Gasteiger partial charge in [-0.3, -0.25) is 0 Å². The number of ether oxygens (including phenoxy) is 1. The number of nitrogens with zero attached hydrogens (tertiary/aromatic N) is 2. The Labute approximate surface area is 166 Å².